The number of nitrogens with zero attached hydrogens (tertiary/aromatic N) is 2. The van der Waals surface area contributed by atoms with Crippen molar-refractivity contribution in [1.29, 1.82) is 0 Å². The molecule has 0 aliphatic heterocycles. The van der Waals surface area contributed by atoms with Crippen LogP contribution < -0.4 is 16.5 Å². The number of amidine groups is 1. The molecule has 0 saturated heterocycles. The lowest BCUT2D eigenvalue weighted by Crippen LogP contribution is -2.47. The lowest BCUT2D eigenvalue weighted by molar-refractivity contribution is -0.384. The number of hydrogen-bond acceptors (Lipinski definition) is 3. The van der Waals surface area contributed by atoms with Gasteiger partial charge < -0.3 is 9.88 Å². The first-order valence-corrected chi connectivity index (χ1v) is 4.87. The van der Waals surface area contributed by atoms with Crippen molar-refractivity contribution in [3.63, 3.8) is 0 Å². The third-order valence-electron chi connectivity index (χ3n) is 2.13. The summed E-state index contributed by atoms with van der Waals surface area (Å²) in [6.45, 7) is 0.292. The lowest BCUT2D eigenvalue weighted by Gasteiger charge is -2.03. The van der Waals surface area contributed by atoms with Gasteiger partial charge in [0.05, 0.1) is 17.5 Å². The standard InChI is InChI=1S/C9H13N5O3/c1-13-5-6(14(16)17)4-7(13)9(15)12-3-2-8(10)11/h4-5H,2-3H2,1H3,(H3,10,11)(H,12,15)/p+1. The van der Waals surface area contributed by atoms with Gasteiger partial charge in [0.15, 0.2) is 0 Å². The Morgan fingerprint density at radius 1 is 1.71 bits per heavy atom. The largest absolute Gasteiger partial charge is 0.350 e. The van der Waals surface area contributed by atoms with Gasteiger partial charge in [-0.25, -0.2) is 0 Å². The number of nitro groups is 1. The molecule has 0 aliphatic rings. The smallest absolute Gasteiger partial charge is 0.287 e. The summed E-state index contributed by atoms with van der Waals surface area (Å²) in [5.74, 6) is -0.176. The normalized spacial score (nSPS) is 9.94. The molecule has 0 spiro atoms. The first kappa shape index (κ1) is 12.7. The summed E-state index contributed by atoms with van der Waals surface area (Å²) in [6, 6.07) is 1.21. The maximum Gasteiger partial charge on any atom is 0.287 e. The minimum absolute atomic E-state index is 0.123. The minimum atomic E-state index is -0.553. The van der Waals surface area contributed by atoms with Crippen molar-refractivity contribution < 1.29 is 15.1 Å². The van der Waals surface area contributed by atoms with E-state index in [-0.39, 0.29) is 17.2 Å². The molecule has 0 radical (unpaired) electrons. The Morgan fingerprint density at radius 2 is 2.35 bits per heavy atom. The number of aromatic nitrogens is 1. The molecule has 0 aliphatic carbocycles. The first-order valence-electron chi connectivity index (χ1n) is 4.87. The molecule has 0 bridgehead atoms. The summed E-state index contributed by atoms with van der Waals surface area (Å²) < 4.78 is 1.39. The Balaban J connectivity index is 2.69. The quantitative estimate of drug-likeness (QED) is 0.242. The monoisotopic (exact) mass is 240 g/mol. The van der Waals surface area contributed by atoms with Crippen LogP contribution in [-0.2, 0) is 7.05 Å². The molecule has 1 aromatic rings. The predicted molar refractivity (Wildman–Crippen MR) is 60.1 cm³/mol. The molecule has 1 aromatic heterocycles. The fourth-order valence-electron chi connectivity index (χ4n) is 1.28. The van der Waals surface area contributed by atoms with Crippen molar-refractivity contribution in [2.24, 2.45) is 12.8 Å². The topological polar surface area (TPSA) is 129 Å². The zero-order chi connectivity index (χ0) is 13.0. The van der Waals surface area contributed by atoms with E-state index in [1.54, 1.807) is 7.05 Å². The molecule has 0 unspecified atom stereocenters. The van der Waals surface area contributed by atoms with Gasteiger partial charge in [-0.2, -0.15) is 0 Å². The van der Waals surface area contributed by atoms with E-state index in [1.807, 2.05) is 0 Å². The summed E-state index contributed by atoms with van der Waals surface area (Å²) in [4.78, 5) is 21.6. The number of amides is 1. The Labute approximate surface area is 97.1 Å². The summed E-state index contributed by atoms with van der Waals surface area (Å²) in [6.07, 6.45) is 1.64. The Kier molecular flexibility index (Phi) is 3.81. The number of hydrogen-bond donors (Lipinski definition) is 3. The summed E-state index contributed by atoms with van der Waals surface area (Å²) in [5.41, 5.74) is 5.33. The molecule has 1 amide bonds. The molecule has 0 fully saturated rings. The lowest BCUT2D eigenvalue weighted by atomic mass is 10.3. The summed E-state index contributed by atoms with van der Waals surface area (Å²) in [5, 5.41) is 18.3. The molecule has 0 aromatic carbocycles. The number of carbonyl (C=O) groups is 1. The van der Waals surface area contributed by atoms with Crippen LogP contribution in [0.1, 0.15) is 16.9 Å². The first-order chi connectivity index (χ1) is 7.91. The van der Waals surface area contributed by atoms with Crippen LogP contribution in [-0.4, -0.2) is 27.8 Å². The third kappa shape index (κ3) is 3.30. The second-order valence-electron chi connectivity index (χ2n) is 3.53. The Bertz CT molecular complexity index is 465. The fraction of sp³-hybridized carbons (Fsp3) is 0.333. The number of aryl methyl sites for hydroxylation is 1. The number of nitrogens with one attached hydrogen (secondary N) is 1. The highest BCUT2D eigenvalue weighted by Gasteiger charge is 2.17. The van der Waals surface area contributed by atoms with Crippen molar-refractivity contribution in [3.05, 3.63) is 28.1 Å². The van der Waals surface area contributed by atoms with Crippen LogP contribution in [0.15, 0.2) is 12.3 Å². The molecule has 8 nitrogen and oxygen atoms in total. The molecule has 1 heterocycles. The second kappa shape index (κ2) is 5.10. The number of rotatable bonds is 5. The van der Waals surface area contributed by atoms with Crippen molar-refractivity contribution >= 4 is 17.4 Å². The molecule has 17 heavy (non-hydrogen) atoms. The maximum absolute atomic E-state index is 11.6. The van der Waals surface area contributed by atoms with Gasteiger partial charge in [-0.05, 0) is 0 Å². The van der Waals surface area contributed by atoms with Crippen molar-refractivity contribution in [2.75, 3.05) is 6.54 Å². The molecule has 92 valence electrons. The average molecular weight is 240 g/mol. The SMILES string of the molecule is Cn1cc([N+](=O)[O-])cc1C(=O)NCCC(N)=[NH2+]. The summed E-state index contributed by atoms with van der Waals surface area (Å²) >= 11 is 0. The zero-order valence-corrected chi connectivity index (χ0v) is 9.34. The van der Waals surface area contributed by atoms with Gasteiger partial charge in [0, 0.05) is 19.7 Å². The van der Waals surface area contributed by atoms with E-state index in [4.69, 9.17) is 11.1 Å². The molecule has 0 saturated carbocycles. The van der Waals surface area contributed by atoms with E-state index < -0.39 is 10.8 Å². The van der Waals surface area contributed by atoms with Crippen molar-refractivity contribution in [1.82, 2.24) is 9.88 Å². The maximum atomic E-state index is 11.6. The van der Waals surface area contributed by atoms with Crippen molar-refractivity contribution in [3.8, 4) is 0 Å². The molecule has 8 heteroatoms. The van der Waals surface area contributed by atoms with E-state index >= 15 is 0 Å². The van der Waals surface area contributed by atoms with Gasteiger partial charge in [0.1, 0.15) is 5.69 Å². The summed E-state index contributed by atoms with van der Waals surface area (Å²) in [7, 11) is 1.56. The van der Waals surface area contributed by atoms with Gasteiger partial charge in [0.2, 0.25) is 5.84 Å². The average Bonchev–Trinajstić information content (AvgIpc) is 2.59. The highest BCUT2D eigenvalue weighted by Crippen LogP contribution is 2.14. The van der Waals surface area contributed by atoms with Gasteiger partial charge in [0.25, 0.3) is 11.6 Å². The van der Waals surface area contributed by atoms with E-state index in [0.29, 0.717) is 13.0 Å². The fourth-order valence-corrected chi connectivity index (χ4v) is 1.28. The van der Waals surface area contributed by atoms with Gasteiger partial charge in [-0.15, -0.1) is 0 Å². The van der Waals surface area contributed by atoms with Gasteiger partial charge in [-0.1, -0.05) is 0 Å². The number of nitrogens with two attached hydrogens (primary N) is 2. The van der Waals surface area contributed by atoms with Crippen LogP contribution in [0.4, 0.5) is 5.69 Å². The molecular formula is C9H14N5O3+. The van der Waals surface area contributed by atoms with Crippen LogP contribution in [0.3, 0.4) is 0 Å². The van der Waals surface area contributed by atoms with Crippen LogP contribution in [0.5, 0.6) is 0 Å². The van der Waals surface area contributed by atoms with Gasteiger partial charge >= 0.3 is 0 Å². The molecule has 5 N–H and O–H groups in total. The molecule has 0 atom stereocenters. The highest BCUT2D eigenvalue weighted by molar-refractivity contribution is 5.93. The van der Waals surface area contributed by atoms with Crippen molar-refractivity contribution in [2.45, 2.75) is 6.42 Å². The van der Waals surface area contributed by atoms with E-state index in [9.17, 15) is 14.9 Å². The molecule has 1 rings (SSSR count). The van der Waals surface area contributed by atoms with Crippen LogP contribution in [0, 0.1) is 10.1 Å². The Morgan fingerprint density at radius 3 is 2.82 bits per heavy atom. The zero-order valence-electron chi connectivity index (χ0n) is 9.34. The van der Waals surface area contributed by atoms with Crippen LogP contribution >= 0.6 is 0 Å². The van der Waals surface area contributed by atoms with Crippen LogP contribution in [0.2, 0.25) is 0 Å². The second-order valence-corrected chi connectivity index (χ2v) is 3.53. The predicted octanol–water partition coefficient (Wildman–Crippen LogP) is -1.83. The van der Waals surface area contributed by atoms with E-state index in [0.717, 1.165) is 0 Å². The Hall–Kier alpha value is -2.38. The van der Waals surface area contributed by atoms with E-state index in [1.165, 1.54) is 16.8 Å². The van der Waals surface area contributed by atoms with E-state index in [2.05, 4.69) is 5.32 Å². The number of carbonyl (C=O) groups excluding carboxylic acids is 1. The minimum Gasteiger partial charge on any atom is -0.350 e. The molecular weight excluding hydrogens is 226 g/mol. The highest BCUT2D eigenvalue weighted by atomic mass is 16.6. The third-order valence-corrected chi connectivity index (χ3v) is 2.13. The van der Waals surface area contributed by atoms with Crippen LogP contribution in [0.25, 0.3) is 0 Å². The van der Waals surface area contributed by atoms with Gasteiger partial charge in [-0.3, -0.25) is 26.1 Å².